The molecule has 0 atom stereocenters. The number of thioether (sulfide) groups is 1. The number of hydrogen-bond acceptors (Lipinski definition) is 7. The molecular formula is C17H14N4O4S2. The molecule has 10 heteroatoms. The number of nitro benzene ring substituents is 1. The van der Waals surface area contributed by atoms with Gasteiger partial charge in [-0.1, -0.05) is 36.0 Å². The fourth-order valence-electron chi connectivity index (χ4n) is 2.90. The number of nitrogens with zero attached hydrogens (tertiary/aromatic N) is 3. The molecule has 2 aliphatic heterocycles. The van der Waals surface area contributed by atoms with Gasteiger partial charge in [-0.2, -0.15) is 0 Å². The number of hydrogen-bond donors (Lipinski definition) is 1. The normalized spacial score (nSPS) is 15.9. The molecule has 8 nitrogen and oxygen atoms in total. The zero-order chi connectivity index (χ0) is 19.0. The third-order valence-corrected chi connectivity index (χ3v) is 6.48. The SMILES string of the molecule is O=[N+]([O-])c1ccccc1S(=O)(=O)Nc1ccc(C2=CSC3=NCCN23)cc1. The van der Waals surface area contributed by atoms with Crippen molar-refractivity contribution in [3.63, 3.8) is 0 Å². The maximum Gasteiger partial charge on any atom is 0.289 e. The average molecular weight is 402 g/mol. The predicted molar refractivity (Wildman–Crippen MR) is 105 cm³/mol. The number of amidine groups is 1. The number of sulfonamides is 1. The fraction of sp³-hybridized carbons (Fsp3) is 0.118. The number of nitro groups is 1. The zero-order valence-electron chi connectivity index (χ0n) is 13.9. The van der Waals surface area contributed by atoms with Crippen LogP contribution in [0.4, 0.5) is 11.4 Å². The van der Waals surface area contributed by atoms with Crippen molar-refractivity contribution in [1.29, 1.82) is 0 Å². The number of nitrogens with one attached hydrogen (secondary N) is 1. The van der Waals surface area contributed by atoms with E-state index in [1.54, 1.807) is 23.9 Å². The van der Waals surface area contributed by atoms with Crippen LogP contribution in [-0.4, -0.2) is 36.5 Å². The molecule has 0 amide bonds. The van der Waals surface area contributed by atoms with E-state index >= 15 is 0 Å². The highest BCUT2D eigenvalue weighted by atomic mass is 32.2. The maximum atomic E-state index is 12.6. The molecule has 0 saturated heterocycles. The molecule has 0 saturated carbocycles. The lowest BCUT2D eigenvalue weighted by atomic mass is 10.1. The highest BCUT2D eigenvalue weighted by Gasteiger charge is 2.28. The number of rotatable bonds is 5. The maximum absolute atomic E-state index is 12.6. The minimum atomic E-state index is -4.08. The summed E-state index contributed by atoms with van der Waals surface area (Å²) in [4.78, 5) is 16.5. The molecule has 0 spiro atoms. The quantitative estimate of drug-likeness (QED) is 0.609. The minimum Gasteiger partial charge on any atom is -0.318 e. The molecule has 0 unspecified atom stereocenters. The van der Waals surface area contributed by atoms with Gasteiger partial charge in [-0.05, 0) is 23.8 Å². The lowest BCUT2D eigenvalue weighted by Crippen LogP contribution is -2.19. The second-order valence-electron chi connectivity index (χ2n) is 5.84. The summed E-state index contributed by atoms with van der Waals surface area (Å²) in [6, 6.07) is 12.1. The van der Waals surface area contributed by atoms with Crippen LogP contribution in [0.3, 0.4) is 0 Å². The Balaban J connectivity index is 1.57. The van der Waals surface area contributed by atoms with Crippen molar-refractivity contribution in [1.82, 2.24) is 4.90 Å². The standard InChI is InChI=1S/C17H14N4O4S2/c22-21(23)14-3-1-2-4-16(14)27(24,25)19-13-7-5-12(6-8-13)15-11-26-17-18-9-10-20(15)17/h1-8,11,19H,9-10H2. The highest BCUT2D eigenvalue weighted by Crippen LogP contribution is 2.35. The first kappa shape index (κ1) is 17.6. The average Bonchev–Trinajstić information content (AvgIpc) is 3.26. The third-order valence-electron chi connectivity index (χ3n) is 4.15. The van der Waals surface area contributed by atoms with Crippen LogP contribution in [0.5, 0.6) is 0 Å². The predicted octanol–water partition coefficient (Wildman–Crippen LogP) is 3.11. The molecule has 2 aromatic carbocycles. The molecule has 0 bridgehead atoms. The van der Waals surface area contributed by atoms with Gasteiger partial charge in [-0.3, -0.25) is 19.8 Å². The smallest absolute Gasteiger partial charge is 0.289 e. The van der Waals surface area contributed by atoms with Crippen LogP contribution >= 0.6 is 11.8 Å². The van der Waals surface area contributed by atoms with Gasteiger partial charge in [-0.25, -0.2) is 8.42 Å². The first-order chi connectivity index (χ1) is 13.0. The van der Waals surface area contributed by atoms with Gasteiger partial charge < -0.3 is 4.90 Å². The van der Waals surface area contributed by atoms with Gasteiger partial charge in [0.05, 0.1) is 17.2 Å². The Kier molecular flexibility index (Phi) is 4.36. The van der Waals surface area contributed by atoms with E-state index in [-0.39, 0.29) is 4.90 Å². The summed E-state index contributed by atoms with van der Waals surface area (Å²) in [5.41, 5.74) is 1.85. The molecule has 0 aliphatic carbocycles. The second-order valence-corrected chi connectivity index (χ2v) is 8.33. The Morgan fingerprint density at radius 3 is 2.63 bits per heavy atom. The first-order valence-corrected chi connectivity index (χ1v) is 10.4. The van der Waals surface area contributed by atoms with Crippen LogP contribution in [0, 0.1) is 10.1 Å². The van der Waals surface area contributed by atoms with Crippen molar-refractivity contribution in [2.75, 3.05) is 17.8 Å². The van der Waals surface area contributed by atoms with Crippen LogP contribution in [0.2, 0.25) is 0 Å². The molecule has 1 N–H and O–H groups in total. The molecular weight excluding hydrogens is 388 g/mol. The van der Waals surface area contributed by atoms with E-state index in [4.69, 9.17) is 0 Å². The monoisotopic (exact) mass is 402 g/mol. The molecule has 138 valence electrons. The number of anilines is 1. The summed E-state index contributed by atoms with van der Waals surface area (Å²) in [7, 11) is -4.08. The van der Waals surface area contributed by atoms with E-state index in [0.717, 1.165) is 35.6 Å². The van der Waals surface area contributed by atoms with E-state index in [0.29, 0.717) is 5.69 Å². The summed E-state index contributed by atoms with van der Waals surface area (Å²) >= 11 is 1.57. The summed E-state index contributed by atoms with van der Waals surface area (Å²) < 4.78 is 27.5. The third kappa shape index (κ3) is 3.28. The van der Waals surface area contributed by atoms with Gasteiger partial charge in [0.2, 0.25) is 0 Å². The Morgan fingerprint density at radius 2 is 1.89 bits per heavy atom. The summed E-state index contributed by atoms with van der Waals surface area (Å²) in [5, 5.41) is 14.1. The molecule has 27 heavy (non-hydrogen) atoms. The molecule has 4 rings (SSSR count). The van der Waals surface area contributed by atoms with Gasteiger partial charge in [0.15, 0.2) is 10.1 Å². The molecule has 0 radical (unpaired) electrons. The Labute approximate surface area is 159 Å². The second kappa shape index (κ2) is 6.71. The highest BCUT2D eigenvalue weighted by molar-refractivity contribution is 8.16. The van der Waals surface area contributed by atoms with Crippen molar-refractivity contribution < 1.29 is 13.3 Å². The van der Waals surface area contributed by atoms with Crippen LogP contribution in [0.15, 0.2) is 63.8 Å². The molecule has 0 aromatic heterocycles. The molecule has 2 aromatic rings. The van der Waals surface area contributed by atoms with E-state index in [2.05, 4.69) is 14.6 Å². The van der Waals surface area contributed by atoms with Gasteiger partial charge in [0.1, 0.15) is 0 Å². The van der Waals surface area contributed by atoms with Gasteiger partial charge in [-0.15, -0.1) is 0 Å². The Bertz CT molecular complexity index is 1080. The summed E-state index contributed by atoms with van der Waals surface area (Å²) in [6.45, 7) is 1.60. The van der Waals surface area contributed by atoms with Gasteiger partial charge >= 0.3 is 0 Å². The van der Waals surface area contributed by atoms with E-state index in [1.165, 1.54) is 18.2 Å². The summed E-state index contributed by atoms with van der Waals surface area (Å²) in [5.74, 6) is 0. The first-order valence-electron chi connectivity index (χ1n) is 8.01. The Hall–Kier alpha value is -2.85. The number of benzene rings is 2. The Morgan fingerprint density at radius 1 is 1.15 bits per heavy atom. The van der Waals surface area contributed by atoms with Crippen LogP contribution in [-0.2, 0) is 10.0 Å². The largest absolute Gasteiger partial charge is 0.318 e. The fourth-order valence-corrected chi connectivity index (χ4v) is 5.10. The molecule has 0 fully saturated rings. The summed E-state index contributed by atoms with van der Waals surface area (Å²) in [6.07, 6.45) is 0. The number of fused-ring (bicyclic) bond motifs is 1. The van der Waals surface area contributed by atoms with Crippen molar-refractivity contribution in [2.24, 2.45) is 4.99 Å². The van der Waals surface area contributed by atoms with Crippen molar-refractivity contribution in [2.45, 2.75) is 4.90 Å². The number of aliphatic imine (C=N–C) groups is 1. The van der Waals surface area contributed by atoms with Gasteiger partial charge in [0.25, 0.3) is 15.7 Å². The minimum absolute atomic E-state index is 0.332. The van der Waals surface area contributed by atoms with E-state index < -0.39 is 20.6 Å². The van der Waals surface area contributed by atoms with Crippen molar-refractivity contribution >= 4 is 44.0 Å². The van der Waals surface area contributed by atoms with E-state index in [9.17, 15) is 18.5 Å². The van der Waals surface area contributed by atoms with Crippen LogP contribution < -0.4 is 4.72 Å². The topological polar surface area (TPSA) is 105 Å². The van der Waals surface area contributed by atoms with Crippen LogP contribution in [0.1, 0.15) is 5.56 Å². The molecule has 2 heterocycles. The zero-order valence-corrected chi connectivity index (χ0v) is 15.5. The van der Waals surface area contributed by atoms with E-state index in [1.807, 2.05) is 17.5 Å². The van der Waals surface area contributed by atoms with Gasteiger partial charge in [0, 0.05) is 23.7 Å². The lowest BCUT2D eigenvalue weighted by Gasteiger charge is -2.17. The lowest BCUT2D eigenvalue weighted by molar-refractivity contribution is -0.387. The van der Waals surface area contributed by atoms with Crippen molar-refractivity contribution in [3.05, 3.63) is 69.6 Å². The van der Waals surface area contributed by atoms with Crippen molar-refractivity contribution in [3.8, 4) is 0 Å². The number of para-hydroxylation sites is 1. The molecule has 2 aliphatic rings. The van der Waals surface area contributed by atoms with Crippen LogP contribution in [0.25, 0.3) is 5.70 Å².